The number of nitrogens with two attached hydrogens (primary N) is 1. The molecule has 0 radical (unpaired) electrons. The summed E-state index contributed by atoms with van der Waals surface area (Å²) in [6, 6.07) is 0.364. The van der Waals surface area contributed by atoms with Crippen LogP contribution in [0, 0.1) is 0 Å². The number of piperidine rings is 1. The second kappa shape index (κ2) is 5.82. The van der Waals surface area contributed by atoms with Crippen LogP contribution in [0.25, 0.3) is 0 Å². The molecular formula is C9H19N3O2. The number of likely N-dealkylation sites (tertiary alicyclic amines) is 1. The predicted molar refractivity (Wildman–Crippen MR) is 54.3 cm³/mol. The van der Waals surface area contributed by atoms with E-state index in [1.54, 1.807) is 0 Å². The number of carbonyl (C=O) groups is 1. The second-order valence-electron chi connectivity index (χ2n) is 3.76. The van der Waals surface area contributed by atoms with Gasteiger partial charge in [-0.25, -0.2) is 4.79 Å². The van der Waals surface area contributed by atoms with Gasteiger partial charge in [-0.2, -0.15) is 0 Å². The molecule has 82 valence electrons. The van der Waals surface area contributed by atoms with Crippen LogP contribution in [0.1, 0.15) is 19.3 Å². The highest BCUT2D eigenvalue weighted by molar-refractivity contribution is 5.64. The summed E-state index contributed by atoms with van der Waals surface area (Å²) in [6.07, 6.45) is 2.06. The van der Waals surface area contributed by atoms with Crippen molar-refractivity contribution < 1.29 is 9.90 Å². The molecule has 0 aliphatic carbocycles. The fourth-order valence-electron chi connectivity index (χ4n) is 1.67. The molecule has 1 aliphatic heterocycles. The van der Waals surface area contributed by atoms with E-state index in [2.05, 4.69) is 10.2 Å². The SMILES string of the molecule is NC1CCN(CCCNC(=O)O)CC1. The third-order valence-electron chi connectivity index (χ3n) is 2.56. The van der Waals surface area contributed by atoms with Gasteiger partial charge in [0, 0.05) is 12.6 Å². The zero-order valence-corrected chi connectivity index (χ0v) is 8.41. The van der Waals surface area contributed by atoms with E-state index in [0.717, 1.165) is 38.9 Å². The molecule has 0 bridgehead atoms. The molecule has 0 aromatic rings. The van der Waals surface area contributed by atoms with Crippen LogP contribution in [0.4, 0.5) is 4.79 Å². The van der Waals surface area contributed by atoms with E-state index < -0.39 is 6.09 Å². The molecule has 1 amide bonds. The Morgan fingerprint density at radius 3 is 2.71 bits per heavy atom. The summed E-state index contributed by atoms with van der Waals surface area (Å²) >= 11 is 0. The lowest BCUT2D eigenvalue weighted by molar-refractivity contribution is 0.190. The number of amides is 1. The smallest absolute Gasteiger partial charge is 0.404 e. The Balaban J connectivity index is 1.99. The first-order valence-electron chi connectivity index (χ1n) is 5.13. The van der Waals surface area contributed by atoms with Gasteiger partial charge in [0.05, 0.1) is 0 Å². The van der Waals surface area contributed by atoms with E-state index in [1.165, 1.54) is 0 Å². The zero-order chi connectivity index (χ0) is 10.4. The summed E-state index contributed by atoms with van der Waals surface area (Å²) in [7, 11) is 0. The number of rotatable bonds is 4. The molecular weight excluding hydrogens is 182 g/mol. The topological polar surface area (TPSA) is 78.6 Å². The average Bonchev–Trinajstić information content (AvgIpc) is 2.15. The van der Waals surface area contributed by atoms with Crippen molar-refractivity contribution in [3.8, 4) is 0 Å². The van der Waals surface area contributed by atoms with E-state index in [4.69, 9.17) is 10.8 Å². The van der Waals surface area contributed by atoms with Crippen molar-refractivity contribution in [2.45, 2.75) is 25.3 Å². The lowest BCUT2D eigenvalue weighted by atomic mass is 10.1. The monoisotopic (exact) mass is 201 g/mol. The molecule has 4 N–H and O–H groups in total. The maximum atomic E-state index is 10.2. The number of nitrogens with zero attached hydrogens (tertiary/aromatic N) is 1. The summed E-state index contributed by atoms with van der Waals surface area (Å²) in [6.45, 7) is 3.60. The Hall–Kier alpha value is -0.810. The molecule has 5 nitrogen and oxygen atoms in total. The Kier molecular flexibility index (Phi) is 4.69. The van der Waals surface area contributed by atoms with Gasteiger partial charge in [-0.15, -0.1) is 0 Å². The van der Waals surface area contributed by atoms with Crippen molar-refractivity contribution >= 4 is 6.09 Å². The maximum Gasteiger partial charge on any atom is 0.404 e. The van der Waals surface area contributed by atoms with Crippen molar-refractivity contribution in [1.29, 1.82) is 0 Å². The normalized spacial score (nSPS) is 19.5. The molecule has 0 saturated carbocycles. The molecule has 14 heavy (non-hydrogen) atoms. The highest BCUT2D eigenvalue weighted by Crippen LogP contribution is 2.07. The molecule has 1 aliphatic rings. The predicted octanol–water partition coefficient (Wildman–Crippen LogP) is 0.0672. The van der Waals surface area contributed by atoms with E-state index in [1.807, 2.05) is 0 Å². The first-order chi connectivity index (χ1) is 6.68. The minimum atomic E-state index is -0.939. The Bertz CT molecular complexity index is 179. The molecule has 1 rings (SSSR count). The summed E-state index contributed by atoms with van der Waals surface area (Å²) in [5.74, 6) is 0. The van der Waals surface area contributed by atoms with Gasteiger partial charge in [0.1, 0.15) is 0 Å². The van der Waals surface area contributed by atoms with Crippen molar-refractivity contribution in [2.75, 3.05) is 26.2 Å². The Morgan fingerprint density at radius 2 is 2.14 bits per heavy atom. The summed E-state index contributed by atoms with van der Waals surface area (Å²) in [4.78, 5) is 12.5. The lowest BCUT2D eigenvalue weighted by Gasteiger charge is -2.29. The van der Waals surface area contributed by atoms with Gasteiger partial charge in [-0.05, 0) is 38.9 Å². The molecule has 1 fully saturated rings. The van der Waals surface area contributed by atoms with Crippen molar-refractivity contribution in [3.63, 3.8) is 0 Å². The van der Waals surface area contributed by atoms with Crippen LogP contribution < -0.4 is 11.1 Å². The second-order valence-corrected chi connectivity index (χ2v) is 3.76. The average molecular weight is 201 g/mol. The van der Waals surface area contributed by atoms with E-state index in [-0.39, 0.29) is 0 Å². The number of hydrogen-bond donors (Lipinski definition) is 3. The van der Waals surface area contributed by atoms with Crippen LogP contribution in [0.5, 0.6) is 0 Å². The van der Waals surface area contributed by atoms with Crippen molar-refractivity contribution in [3.05, 3.63) is 0 Å². The molecule has 0 aromatic carbocycles. The first-order valence-corrected chi connectivity index (χ1v) is 5.13. The summed E-state index contributed by atoms with van der Waals surface area (Å²) < 4.78 is 0. The summed E-state index contributed by atoms with van der Waals surface area (Å²) in [5.41, 5.74) is 5.77. The highest BCUT2D eigenvalue weighted by atomic mass is 16.4. The molecule has 0 atom stereocenters. The van der Waals surface area contributed by atoms with Gasteiger partial charge in [-0.3, -0.25) is 0 Å². The minimum Gasteiger partial charge on any atom is -0.465 e. The van der Waals surface area contributed by atoms with Crippen molar-refractivity contribution in [2.24, 2.45) is 5.73 Å². The van der Waals surface area contributed by atoms with Crippen LogP contribution in [0.2, 0.25) is 0 Å². The molecule has 5 heteroatoms. The third-order valence-corrected chi connectivity index (χ3v) is 2.56. The highest BCUT2D eigenvalue weighted by Gasteiger charge is 2.14. The minimum absolute atomic E-state index is 0.364. The van der Waals surface area contributed by atoms with Crippen LogP contribution in [-0.2, 0) is 0 Å². The van der Waals surface area contributed by atoms with E-state index in [0.29, 0.717) is 12.6 Å². The standard InChI is InChI=1S/C9H19N3O2/c10-8-2-6-12(7-3-8)5-1-4-11-9(13)14/h8,11H,1-7,10H2,(H,13,14). The molecule has 1 heterocycles. The fourth-order valence-corrected chi connectivity index (χ4v) is 1.67. The number of carboxylic acid groups (broad SMARTS) is 1. The molecule has 0 unspecified atom stereocenters. The zero-order valence-electron chi connectivity index (χ0n) is 8.41. The van der Waals surface area contributed by atoms with Gasteiger partial charge < -0.3 is 21.1 Å². The quantitative estimate of drug-likeness (QED) is 0.562. The summed E-state index contributed by atoms with van der Waals surface area (Å²) in [5, 5.41) is 10.7. The van der Waals surface area contributed by atoms with Crippen molar-refractivity contribution in [1.82, 2.24) is 10.2 Å². The maximum absolute atomic E-state index is 10.2. The van der Waals surface area contributed by atoms with Gasteiger partial charge in [0.25, 0.3) is 0 Å². The first kappa shape index (κ1) is 11.3. The van der Waals surface area contributed by atoms with Gasteiger partial charge in [0.2, 0.25) is 0 Å². The molecule has 1 saturated heterocycles. The fraction of sp³-hybridized carbons (Fsp3) is 0.889. The lowest BCUT2D eigenvalue weighted by Crippen LogP contribution is -2.40. The van der Waals surface area contributed by atoms with Gasteiger partial charge >= 0.3 is 6.09 Å². The van der Waals surface area contributed by atoms with Crippen LogP contribution in [0.15, 0.2) is 0 Å². The molecule has 0 aromatic heterocycles. The number of hydrogen-bond acceptors (Lipinski definition) is 3. The van der Waals surface area contributed by atoms with E-state index >= 15 is 0 Å². The van der Waals surface area contributed by atoms with Gasteiger partial charge in [0.15, 0.2) is 0 Å². The third kappa shape index (κ3) is 4.43. The van der Waals surface area contributed by atoms with Crippen LogP contribution >= 0.6 is 0 Å². The Morgan fingerprint density at radius 1 is 1.50 bits per heavy atom. The number of nitrogens with one attached hydrogen (secondary N) is 1. The van der Waals surface area contributed by atoms with Crippen LogP contribution in [0.3, 0.4) is 0 Å². The molecule has 0 spiro atoms. The van der Waals surface area contributed by atoms with Gasteiger partial charge in [-0.1, -0.05) is 0 Å². The van der Waals surface area contributed by atoms with Crippen LogP contribution in [-0.4, -0.2) is 48.3 Å². The van der Waals surface area contributed by atoms with E-state index in [9.17, 15) is 4.79 Å². The largest absolute Gasteiger partial charge is 0.465 e. The Labute approximate surface area is 84.3 Å².